The van der Waals surface area contributed by atoms with Crippen LogP contribution in [0.25, 0.3) is 33.4 Å². The number of hydrogen-bond donors (Lipinski definition) is 3. The largest absolute Gasteiger partial charge is 0.355 e. The molecule has 0 bridgehead atoms. The maximum atomic E-state index is 12.2. The van der Waals surface area contributed by atoms with E-state index in [0.717, 1.165) is 39.0 Å². The van der Waals surface area contributed by atoms with Crippen LogP contribution in [0.1, 0.15) is 17.5 Å². The number of nitrogens with one attached hydrogen (secondary N) is 2. The van der Waals surface area contributed by atoms with Crippen LogP contribution in [0, 0.1) is 6.92 Å². The van der Waals surface area contributed by atoms with Gasteiger partial charge in [0.2, 0.25) is 5.91 Å². The first-order valence-corrected chi connectivity index (χ1v) is 10.3. The summed E-state index contributed by atoms with van der Waals surface area (Å²) in [5.41, 5.74) is 13.1. The Kier molecular flexibility index (Phi) is 5.91. The third-order valence-electron chi connectivity index (χ3n) is 5.28. The lowest BCUT2D eigenvalue weighted by atomic mass is 9.93. The highest BCUT2D eigenvalue weighted by atomic mass is 16.1. The summed E-state index contributed by atoms with van der Waals surface area (Å²) in [5, 5.41) is 3.91. The fraction of sp³-hybridized carbons (Fsp3) is 0.200. The number of carbonyl (C=O) groups is 1. The number of aromatic nitrogens is 2. The van der Waals surface area contributed by atoms with Crippen molar-refractivity contribution in [2.24, 2.45) is 5.73 Å². The first-order valence-electron chi connectivity index (χ1n) is 10.3. The number of pyridine rings is 1. The van der Waals surface area contributed by atoms with Crippen LogP contribution in [0.4, 0.5) is 0 Å². The standard InChI is InChI=1S/C25H26N4O/c1-17-9-10-20(22(16-17)18-6-3-2-4-7-18)24-19(11-12-23(30)27-15-13-26)21-8-5-14-28-25(21)29-24/h2-10,14,16H,11-13,15,26H2,1H3,(H,27,30)(H,28,29). The molecule has 2 heterocycles. The number of H-pyrrole nitrogens is 1. The highest BCUT2D eigenvalue weighted by Crippen LogP contribution is 2.37. The zero-order valence-electron chi connectivity index (χ0n) is 17.1. The summed E-state index contributed by atoms with van der Waals surface area (Å²) >= 11 is 0. The second-order valence-electron chi connectivity index (χ2n) is 7.43. The molecule has 0 atom stereocenters. The summed E-state index contributed by atoms with van der Waals surface area (Å²) in [6.45, 7) is 3.04. The van der Waals surface area contributed by atoms with Crippen LogP contribution in [0.3, 0.4) is 0 Å². The third kappa shape index (κ3) is 4.11. The van der Waals surface area contributed by atoms with Crippen molar-refractivity contribution >= 4 is 16.9 Å². The molecular formula is C25H26N4O. The molecule has 5 heteroatoms. The van der Waals surface area contributed by atoms with E-state index in [-0.39, 0.29) is 5.91 Å². The van der Waals surface area contributed by atoms with Crippen molar-refractivity contribution < 1.29 is 4.79 Å². The molecular weight excluding hydrogens is 372 g/mol. The molecule has 0 radical (unpaired) electrons. The van der Waals surface area contributed by atoms with Crippen LogP contribution in [0.2, 0.25) is 0 Å². The molecule has 4 N–H and O–H groups in total. The monoisotopic (exact) mass is 398 g/mol. The minimum absolute atomic E-state index is 0.0110. The van der Waals surface area contributed by atoms with Crippen molar-refractivity contribution in [1.29, 1.82) is 0 Å². The van der Waals surface area contributed by atoms with E-state index in [2.05, 4.69) is 70.7 Å². The summed E-state index contributed by atoms with van der Waals surface area (Å²) in [6, 6.07) is 20.9. The van der Waals surface area contributed by atoms with E-state index in [9.17, 15) is 4.79 Å². The fourth-order valence-corrected chi connectivity index (χ4v) is 3.84. The van der Waals surface area contributed by atoms with Crippen molar-refractivity contribution in [2.45, 2.75) is 19.8 Å². The van der Waals surface area contributed by atoms with Gasteiger partial charge in [-0.05, 0) is 42.2 Å². The first kappa shape index (κ1) is 19.9. The summed E-state index contributed by atoms with van der Waals surface area (Å²) in [5.74, 6) is 0.0110. The number of carbonyl (C=O) groups excluding carboxylic acids is 1. The quantitative estimate of drug-likeness (QED) is 0.436. The van der Waals surface area contributed by atoms with Gasteiger partial charge in [-0.25, -0.2) is 4.98 Å². The molecule has 1 amide bonds. The van der Waals surface area contributed by atoms with Crippen molar-refractivity contribution in [3.63, 3.8) is 0 Å². The number of aryl methyl sites for hydroxylation is 2. The highest BCUT2D eigenvalue weighted by Gasteiger charge is 2.18. The zero-order valence-corrected chi connectivity index (χ0v) is 17.1. The Balaban J connectivity index is 1.81. The minimum atomic E-state index is 0.0110. The van der Waals surface area contributed by atoms with Crippen LogP contribution >= 0.6 is 0 Å². The van der Waals surface area contributed by atoms with Gasteiger partial charge in [0.1, 0.15) is 5.65 Å². The molecule has 0 aliphatic rings. The Morgan fingerprint density at radius 1 is 1.07 bits per heavy atom. The first-order chi connectivity index (χ1) is 14.7. The average molecular weight is 399 g/mol. The molecule has 0 saturated heterocycles. The Bertz CT molecular complexity index is 1160. The van der Waals surface area contributed by atoms with E-state index in [0.29, 0.717) is 25.9 Å². The molecule has 5 nitrogen and oxygen atoms in total. The maximum absolute atomic E-state index is 12.2. The lowest BCUT2D eigenvalue weighted by Crippen LogP contribution is -2.29. The summed E-state index contributed by atoms with van der Waals surface area (Å²) in [7, 11) is 0. The van der Waals surface area contributed by atoms with Crippen molar-refractivity contribution in [1.82, 2.24) is 15.3 Å². The normalized spacial score (nSPS) is 11.0. The Morgan fingerprint density at radius 2 is 1.90 bits per heavy atom. The second-order valence-corrected chi connectivity index (χ2v) is 7.43. The predicted molar refractivity (Wildman–Crippen MR) is 122 cm³/mol. The number of amides is 1. The van der Waals surface area contributed by atoms with Gasteiger partial charge < -0.3 is 16.0 Å². The van der Waals surface area contributed by atoms with Crippen LogP contribution in [0.15, 0.2) is 66.9 Å². The van der Waals surface area contributed by atoms with Crippen molar-refractivity contribution in [3.05, 3.63) is 78.0 Å². The van der Waals surface area contributed by atoms with E-state index >= 15 is 0 Å². The summed E-state index contributed by atoms with van der Waals surface area (Å²) in [6.07, 6.45) is 2.81. The zero-order chi connectivity index (χ0) is 20.9. The lowest BCUT2D eigenvalue weighted by Gasteiger charge is -2.13. The molecule has 2 aromatic heterocycles. The van der Waals surface area contributed by atoms with E-state index in [1.807, 2.05) is 12.1 Å². The van der Waals surface area contributed by atoms with Gasteiger partial charge in [-0.1, -0.05) is 54.1 Å². The van der Waals surface area contributed by atoms with Crippen LogP contribution in [-0.4, -0.2) is 29.0 Å². The van der Waals surface area contributed by atoms with Gasteiger partial charge in [0.25, 0.3) is 0 Å². The Hall–Kier alpha value is -3.44. The second kappa shape index (κ2) is 8.93. The van der Waals surface area contributed by atoms with E-state index in [4.69, 9.17) is 5.73 Å². The van der Waals surface area contributed by atoms with Gasteiger partial charge in [0.05, 0.1) is 5.69 Å². The summed E-state index contributed by atoms with van der Waals surface area (Å²) in [4.78, 5) is 20.2. The molecule has 0 saturated carbocycles. The number of fused-ring (bicyclic) bond motifs is 1. The minimum Gasteiger partial charge on any atom is -0.355 e. The molecule has 0 aliphatic carbocycles. The Morgan fingerprint density at radius 3 is 2.70 bits per heavy atom. The van der Waals surface area contributed by atoms with Gasteiger partial charge in [-0.15, -0.1) is 0 Å². The number of aromatic amines is 1. The van der Waals surface area contributed by atoms with Gasteiger partial charge in [-0.2, -0.15) is 0 Å². The van der Waals surface area contributed by atoms with Crippen molar-refractivity contribution in [2.75, 3.05) is 13.1 Å². The topological polar surface area (TPSA) is 83.8 Å². The van der Waals surface area contributed by atoms with E-state index in [1.165, 1.54) is 5.56 Å². The van der Waals surface area contributed by atoms with Gasteiger partial charge >= 0.3 is 0 Å². The molecule has 4 aromatic rings. The van der Waals surface area contributed by atoms with E-state index < -0.39 is 0 Å². The smallest absolute Gasteiger partial charge is 0.220 e. The van der Waals surface area contributed by atoms with Crippen LogP contribution in [0.5, 0.6) is 0 Å². The lowest BCUT2D eigenvalue weighted by molar-refractivity contribution is -0.120. The van der Waals surface area contributed by atoms with Crippen LogP contribution in [-0.2, 0) is 11.2 Å². The molecule has 0 aliphatic heterocycles. The Labute approximate surface area is 176 Å². The van der Waals surface area contributed by atoms with Gasteiger partial charge in [-0.3, -0.25) is 4.79 Å². The fourth-order valence-electron chi connectivity index (χ4n) is 3.84. The number of rotatable bonds is 7. The third-order valence-corrected chi connectivity index (χ3v) is 5.28. The maximum Gasteiger partial charge on any atom is 0.220 e. The van der Waals surface area contributed by atoms with Crippen molar-refractivity contribution in [3.8, 4) is 22.4 Å². The SMILES string of the molecule is Cc1ccc(-c2[nH]c3ncccc3c2CCC(=O)NCCN)c(-c2ccccc2)c1. The van der Waals surface area contributed by atoms with Crippen LogP contribution < -0.4 is 11.1 Å². The highest BCUT2D eigenvalue weighted by molar-refractivity contribution is 5.93. The summed E-state index contributed by atoms with van der Waals surface area (Å²) < 4.78 is 0. The number of benzene rings is 2. The molecule has 4 rings (SSSR count). The molecule has 2 aromatic carbocycles. The molecule has 30 heavy (non-hydrogen) atoms. The molecule has 0 unspecified atom stereocenters. The van der Waals surface area contributed by atoms with Gasteiger partial charge in [0.15, 0.2) is 0 Å². The predicted octanol–water partition coefficient (Wildman–Crippen LogP) is 4.21. The van der Waals surface area contributed by atoms with E-state index in [1.54, 1.807) is 6.20 Å². The number of nitrogens with zero attached hydrogens (tertiary/aromatic N) is 1. The average Bonchev–Trinajstić information content (AvgIpc) is 3.15. The van der Waals surface area contributed by atoms with Gasteiger partial charge in [0, 0.05) is 36.7 Å². The molecule has 152 valence electrons. The number of hydrogen-bond acceptors (Lipinski definition) is 3. The number of nitrogens with two attached hydrogens (primary N) is 1. The molecule has 0 spiro atoms. The molecule has 0 fully saturated rings.